The fourth-order valence-corrected chi connectivity index (χ4v) is 3.86. The van der Waals surface area contributed by atoms with Crippen LogP contribution in [-0.2, 0) is 23.9 Å². The van der Waals surface area contributed by atoms with Gasteiger partial charge in [0.05, 0.1) is 6.61 Å². The molecular weight excluding hydrogens is 316 g/mol. The predicted octanol–water partition coefficient (Wildman–Crippen LogP) is 5.46. The van der Waals surface area contributed by atoms with E-state index < -0.39 is 8.32 Å². The van der Waals surface area contributed by atoms with Crippen molar-refractivity contribution < 1.29 is 4.43 Å². The number of hydrogen-bond donors (Lipinski definition) is 0. The molecule has 0 fully saturated rings. The van der Waals surface area contributed by atoms with Gasteiger partial charge in [0, 0.05) is 4.47 Å². The van der Waals surface area contributed by atoms with E-state index in [1.54, 1.807) is 5.56 Å². The van der Waals surface area contributed by atoms with Crippen LogP contribution in [0.3, 0.4) is 0 Å². The van der Waals surface area contributed by atoms with Crippen molar-refractivity contribution in [1.29, 1.82) is 0 Å². The Kier molecular flexibility index (Phi) is 4.29. The second kappa shape index (κ2) is 5.34. The number of halogens is 1. The van der Waals surface area contributed by atoms with Crippen molar-refractivity contribution in [3.8, 4) is 0 Å². The van der Waals surface area contributed by atoms with Crippen LogP contribution in [0.5, 0.6) is 0 Å². The summed E-state index contributed by atoms with van der Waals surface area (Å²) in [6.07, 6.45) is 3.74. The van der Waals surface area contributed by atoms with Crippen LogP contribution in [0.4, 0.5) is 0 Å². The van der Waals surface area contributed by atoms with Crippen LogP contribution in [0.2, 0.25) is 18.1 Å². The van der Waals surface area contributed by atoms with Gasteiger partial charge in [-0.15, -0.1) is 0 Å². The minimum Gasteiger partial charge on any atom is -0.413 e. The zero-order valence-corrected chi connectivity index (χ0v) is 15.4. The minimum absolute atomic E-state index is 0.280. The molecule has 0 radical (unpaired) electrons. The lowest BCUT2D eigenvalue weighted by Crippen LogP contribution is -2.40. The van der Waals surface area contributed by atoms with Crippen LogP contribution in [0.25, 0.3) is 0 Å². The molecule has 0 bridgehead atoms. The summed E-state index contributed by atoms with van der Waals surface area (Å²) in [6, 6.07) is 4.52. The normalized spacial score (nSPS) is 15.7. The maximum atomic E-state index is 6.38. The number of fused-ring (bicyclic) bond motifs is 1. The SMILES string of the molecule is CC(C)(C)[Si](C)(C)OCc1cc(Br)cc2c1CCC2. The molecule has 0 spiro atoms. The highest BCUT2D eigenvalue weighted by atomic mass is 79.9. The van der Waals surface area contributed by atoms with Gasteiger partial charge in [-0.25, -0.2) is 0 Å². The Balaban J connectivity index is 2.17. The Labute approximate surface area is 127 Å². The zero-order chi connectivity index (χ0) is 14.3. The summed E-state index contributed by atoms with van der Waals surface area (Å²) < 4.78 is 7.57. The van der Waals surface area contributed by atoms with E-state index >= 15 is 0 Å². The Morgan fingerprint density at radius 2 is 1.89 bits per heavy atom. The Morgan fingerprint density at radius 3 is 2.53 bits per heavy atom. The first-order chi connectivity index (χ1) is 8.71. The lowest BCUT2D eigenvalue weighted by molar-refractivity contribution is 0.275. The lowest BCUT2D eigenvalue weighted by atomic mass is 10.0. The third-order valence-corrected chi connectivity index (χ3v) is 9.60. The molecule has 1 aliphatic rings. The third kappa shape index (κ3) is 3.31. The summed E-state index contributed by atoms with van der Waals surface area (Å²) in [5.41, 5.74) is 4.46. The molecule has 1 aliphatic carbocycles. The molecule has 0 aromatic heterocycles. The predicted molar refractivity (Wildman–Crippen MR) is 88.2 cm³/mol. The van der Waals surface area contributed by atoms with E-state index in [4.69, 9.17) is 4.43 Å². The molecule has 1 aromatic rings. The minimum atomic E-state index is -1.65. The smallest absolute Gasteiger partial charge is 0.192 e. The van der Waals surface area contributed by atoms with Crippen LogP contribution >= 0.6 is 15.9 Å². The van der Waals surface area contributed by atoms with Crippen LogP contribution < -0.4 is 0 Å². The van der Waals surface area contributed by atoms with Crippen molar-refractivity contribution in [2.45, 2.75) is 64.8 Å². The number of rotatable bonds is 3. The third-order valence-electron chi connectivity index (χ3n) is 4.67. The summed E-state index contributed by atoms with van der Waals surface area (Å²) in [4.78, 5) is 0. The van der Waals surface area contributed by atoms with Gasteiger partial charge in [-0.3, -0.25) is 0 Å². The lowest BCUT2D eigenvalue weighted by Gasteiger charge is -2.36. The second-order valence-corrected chi connectivity index (χ2v) is 12.8. The van der Waals surface area contributed by atoms with E-state index in [0.717, 1.165) is 6.61 Å². The van der Waals surface area contributed by atoms with Gasteiger partial charge in [0.2, 0.25) is 0 Å². The van der Waals surface area contributed by atoms with Crippen LogP contribution in [0, 0.1) is 0 Å². The van der Waals surface area contributed by atoms with E-state index in [-0.39, 0.29) is 5.04 Å². The Hall–Kier alpha value is -0.123. The molecule has 1 nitrogen and oxygen atoms in total. The largest absolute Gasteiger partial charge is 0.413 e. The summed E-state index contributed by atoms with van der Waals surface area (Å²) in [5, 5.41) is 0.280. The van der Waals surface area contributed by atoms with Crippen molar-refractivity contribution >= 4 is 24.2 Å². The first kappa shape index (κ1) is 15.3. The number of benzene rings is 1. The first-order valence-electron chi connectivity index (χ1n) is 7.15. The molecule has 106 valence electrons. The maximum Gasteiger partial charge on any atom is 0.192 e. The quantitative estimate of drug-likeness (QED) is 0.663. The standard InChI is InChI=1S/C16H25BrOSi/c1-16(2,3)19(4,5)18-11-13-10-14(17)9-12-7-6-8-15(12)13/h9-10H,6-8,11H2,1-5H3. The van der Waals surface area contributed by atoms with E-state index in [1.807, 2.05) is 0 Å². The molecule has 0 saturated carbocycles. The first-order valence-corrected chi connectivity index (χ1v) is 10.8. The van der Waals surface area contributed by atoms with Crippen molar-refractivity contribution in [2.75, 3.05) is 0 Å². The van der Waals surface area contributed by atoms with Gasteiger partial charge in [0.15, 0.2) is 8.32 Å². The maximum absolute atomic E-state index is 6.38. The highest BCUT2D eigenvalue weighted by Crippen LogP contribution is 2.38. The van der Waals surface area contributed by atoms with E-state index in [0.29, 0.717) is 0 Å². The molecule has 1 aromatic carbocycles. The van der Waals surface area contributed by atoms with E-state index in [9.17, 15) is 0 Å². The highest BCUT2D eigenvalue weighted by molar-refractivity contribution is 9.10. The van der Waals surface area contributed by atoms with E-state index in [1.165, 1.54) is 34.9 Å². The molecule has 0 unspecified atom stereocenters. The molecule has 0 amide bonds. The molecule has 0 N–H and O–H groups in total. The highest BCUT2D eigenvalue weighted by Gasteiger charge is 2.37. The van der Waals surface area contributed by atoms with Crippen LogP contribution in [0.15, 0.2) is 16.6 Å². The second-order valence-electron chi connectivity index (χ2n) is 7.11. The molecule has 3 heteroatoms. The van der Waals surface area contributed by atoms with Crippen molar-refractivity contribution in [3.05, 3.63) is 33.3 Å². The molecule has 0 heterocycles. The average molecular weight is 341 g/mol. The monoisotopic (exact) mass is 340 g/mol. The fraction of sp³-hybridized carbons (Fsp3) is 0.625. The summed E-state index contributed by atoms with van der Waals surface area (Å²) in [7, 11) is -1.65. The molecular formula is C16H25BrOSi. The number of hydrogen-bond acceptors (Lipinski definition) is 1. The van der Waals surface area contributed by atoms with Crippen molar-refractivity contribution in [2.24, 2.45) is 0 Å². The topological polar surface area (TPSA) is 9.23 Å². The summed E-state index contributed by atoms with van der Waals surface area (Å²) in [6.45, 7) is 12.3. The van der Waals surface area contributed by atoms with Gasteiger partial charge in [-0.05, 0) is 66.2 Å². The Morgan fingerprint density at radius 1 is 1.21 bits per heavy atom. The summed E-state index contributed by atoms with van der Waals surface area (Å²) >= 11 is 3.63. The molecule has 0 saturated heterocycles. The van der Waals surface area contributed by atoms with Crippen molar-refractivity contribution in [1.82, 2.24) is 0 Å². The summed E-state index contributed by atoms with van der Waals surface area (Å²) in [5.74, 6) is 0. The average Bonchev–Trinajstić information content (AvgIpc) is 2.72. The molecule has 2 rings (SSSR count). The van der Waals surface area contributed by atoms with E-state index in [2.05, 4.69) is 61.9 Å². The molecule has 0 aliphatic heterocycles. The van der Waals surface area contributed by atoms with Gasteiger partial charge in [0.1, 0.15) is 0 Å². The number of aryl methyl sites for hydroxylation is 1. The van der Waals surface area contributed by atoms with Gasteiger partial charge in [0.25, 0.3) is 0 Å². The van der Waals surface area contributed by atoms with Crippen molar-refractivity contribution in [3.63, 3.8) is 0 Å². The van der Waals surface area contributed by atoms with Gasteiger partial charge < -0.3 is 4.43 Å². The molecule has 19 heavy (non-hydrogen) atoms. The van der Waals surface area contributed by atoms with Gasteiger partial charge in [-0.2, -0.15) is 0 Å². The zero-order valence-electron chi connectivity index (χ0n) is 12.8. The Bertz CT molecular complexity index is 474. The van der Waals surface area contributed by atoms with Gasteiger partial charge in [-0.1, -0.05) is 36.7 Å². The van der Waals surface area contributed by atoms with Crippen LogP contribution in [0.1, 0.15) is 43.9 Å². The van der Waals surface area contributed by atoms with Crippen LogP contribution in [-0.4, -0.2) is 8.32 Å². The fourth-order valence-electron chi connectivity index (χ4n) is 2.36. The van der Waals surface area contributed by atoms with Gasteiger partial charge >= 0.3 is 0 Å². The molecule has 0 atom stereocenters.